The van der Waals surface area contributed by atoms with Crippen molar-refractivity contribution >= 4 is 57.7 Å². The average molecular weight is 469 g/mol. The molecule has 2 N–H and O–H groups in total. The zero-order valence-electron chi connectivity index (χ0n) is 16.6. The summed E-state index contributed by atoms with van der Waals surface area (Å²) in [5.74, 6) is 1.32. The van der Waals surface area contributed by atoms with Crippen LogP contribution in [0.5, 0.6) is 0 Å². The maximum atomic E-state index is 12.4. The normalized spacial score (nSPS) is 11.1. The van der Waals surface area contributed by atoms with Crippen molar-refractivity contribution in [1.29, 1.82) is 0 Å². The molecule has 0 unspecified atom stereocenters. The maximum Gasteiger partial charge on any atom is 0.251 e. The predicted octanol–water partition coefficient (Wildman–Crippen LogP) is 3.73. The van der Waals surface area contributed by atoms with Crippen LogP contribution in [0.2, 0.25) is 10.0 Å². The first-order valence-electron chi connectivity index (χ1n) is 9.35. The highest BCUT2D eigenvalue weighted by Crippen LogP contribution is 2.24. The van der Waals surface area contributed by atoms with E-state index in [2.05, 4.69) is 25.7 Å². The van der Waals surface area contributed by atoms with Crippen LogP contribution in [0.15, 0.2) is 29.6 Å². The van der Waals surface area contributed by atoms with Gasteiger partial charge in [0.2, 0.25) is 0 Å². The number of nitrogens with one attached hydrogen (secondary N) is 2. The Kier molecular flexibility index (Phi) is 8.15. The summed E-state index contributed by atoms with van der Waals surface area (Å²) in [4.78, 5) is 21.6. The Hall–Kier alpha value is -2.07. The number of halogens is 2. The molecule has 3 rings (SSSR count). The van der Waals surface area contributed by atoms with Crippen molar-refractivity contribution in [2.75, 3.05) is 37.9 Å². The van der Waals surface area contributed by atoms with Crippen LogP contribution in [0.3, 0.4) is 0 Å². The van der Waals surface area contributed by atoms with Crippen molar-refractivity contribution in [2.45, 2.75) is 18.6 Å². The van der Waals surface area contributed by atoms with Gasteiger partial charge >= 0.3 is 0 Å². The number of ether oxygens (including phenoxy) is 1. The fraction of sp³-hybridized carbons (Fsp3) is 0.368. The molecule has 1 amide bonds. The molecule has 30 heavy (non-hydrogen) atoms. The smallest absolute Gasteiger partial charge is 0.251 e. The second-order valence-corrected chi connectivity index (χ2v) is 8.33. The van der Waals surface area contributed by atoms with Gasteiger partial charge in [0, 0.05) is 35.8 Å². The molecular formula is C19H22Cl2N6O2S. The van der Waals surface area contributed by atoms with Crippen molar-refractivity contribution < 1.29 is 9.53 Å². The van der Waals surface area contributed by atoms with Gasteiger partial charge in [-0.15, -0.1) is 0 Å². The van der Waals surface area contributed by atoms with Crippen LogP contribution in [-0.4, -0.2) is 58.2 Å². The quantitative estimate of drug-likeness (QED) is 0.266. The summed E-state index contributed by atoms with van der Waals surface area (Å²) in [5.41, 5.74) is 1.12. The molecule has 0 aliphatic rings. The van der Waals surface area contributed by atoms with E-state index < -0.39 is 0 Å². The second-order valence-electron chi connectivity index (χ2n) is 6.23. The largest absolute Gasteiger partial charge is 0.383 e. The number of amides is 1. The van der Waals surface area contributed by atoms with Gasteiger partial charge in [-0.25, -0.2) is 14.6 Å². The highest BCUT2D eigenvalue weighted by molar-refractivity contribution is 7.99. The second kappa shape index (κ2) is 10.8. The summed E-state index contributed by atoms with van der Waals surface area (Å²) in [6, 6.07) is 4.73. The number of rotatable bonds is 10. The maximum absolute atomic E-state index is 12.4. The van der Waals surface area contributed by atoms with Crippen LogP contribution < -0.4 is 10.6 Å². The van der Waals surface area contributed by atoms with Crippen LogP contribution in [0.1, 0.15) is 17.3 Å². The van der Waals surface area contributed by atoms with Crippen LogP contribution in [0.25, 0.3) is 11.0 Å². The summed E-state index contributed by atoms with van der Waals surface area (Å²) in [7, 11) is 1.65. The lowest BCUT2D eigenvalue weighted by Gasteiger charge is -2.10. The Morgan fingerprint density at radius 2 is 1.97 bits per heavy atom. The minimum atomic E-state index is -0.255. The van der Waals surface area contributed by atoms with Gasteiger partial charge in [-0.3, -0.25) is 4.79 Å². The molecule has 0 radical (unpaired) electrons. The molecule has 11 heteroatoms. The minimum Gasteiger partial charge on any atom is -0.383 e. The van der Waals surface area contributed by atoms with Crippen molar-refractivity contribution in [3.05, 3.63) is 40.0 Å². The Morgan fingerprint density at radius 1 is 1.20 bits per heavy atom. The lowest BCUT2D eigenvalue weighted by molar-refractivity contribution is 0.0952. The van der Waals surface area contributed by atoms with E-state index in [1.54, 1.807) is 47.9 Å². The Labute approximate surface area is 188 Å². The van der Waals surface area contributed by atoms with Crippen LogP contribution in [0.4, 0.5) is 5.82 Å². The molecule has 0 saturated heterocycles. The van der Waals surface area contributed by atoms with Gasteiger partial charge in [0.25, 0.3) is 5.91 Å². The van der Waals surface area contributed by atoms with Crippen molar-refractivity contribution in [1.82, 2.24) is 25.1 Å². The standard InChI is InChI=1S/C19H22Cl2N6O2S/c1-3-30-19-25-16(22-5-7-29-2)15-11-24-27(17(15)26-19)6-4-23-18(28)12-8-13(20)10-14(21)9-12/h8-11H,3-7H2,1-2H3,(H,23,28)(H,22,25,26). The Bertz CT molecular complexity index is 1010. The number of nitrogens with zero attached hydrogens (tertiary/aromatic N) is 4. The zero-order chi connectivity index (χ0) is 21.5. The van der Waals surface area contributed by atoms with Crippen molar-refractivity contribution in [3.63, 3.8) is 0 Å². The molecule has 0 saturated carbocycles. The fourth-order valence-corrected chi connectivity index (χ4v) is 3.85. The number of anilines is 1. The third kappa shape index (κ3) is 5.75. The summed E-state index contributed by atoms with van der Waals surface area (Å²) >= 11 is 13.5. The lowest BCUT2D eigenvalue weighted by Crippen LogP contribution is -2.27. The first-order chi connectivity index (χ1) is 14.5. The van der Waals surface area contributed by atoms with E-state index in [1.807, 2.05) is 6.92 Å². The van der Waals surface area contributed by atoms with Crippen LogP contribution in [-0.2, 0) is 11.3 Å². The molecular weight excluding hydrogens is 447 g/mol. The molecule has 0 spiro atoms. The number of carbonyl (C=O) groups excluding carboxylic acids is 1. The molecule has 8 nitrogen and oxygen atoms in total. The number of thioether (sulfide) groups is 1. The monoisotopic (exact) mass is 468 g/mol. The van der Waals surface area contributed by atoms with Gasteiger partial charge < -0.3 is 15.4 Å². The number of aromatic nitrogens is 4. The molecule has 1 aromatic carbocycles. The minimum absolute atomic E-state index is 0.255. The van der Waals surface area contributed by atoms with Crippen molar-refractivity contribution in [2.24, 2.45) is 0 Å². The number of methoxy groups -OCH3 is 1. The first kappa shape index (κ1) is 22.6. The van der Waals surface area contributed by atoms with Crippen LogP contribution >= 0.6 is 35.0 Å². The summed E-state index contributed by atoms with van der Waals surface area (Å²) in [5, 5.41) is 12.9. The molecule has 0 atom stereocenters. The van der Waals surface area contributed by atoms with Gasteiger partial charge in [-0.2, -0.15) is 5.10 Å². The van der Waals surface area contributed by atoms with E-state index >= 15 is 0 Å². The van der Waals surface area contributed by atoms with Gasteiger partial charge in [0.1, 0.15) is 5.82 Å². The number of hydrogen-bond donors (Lipinski definition) is 2. The molecule has 0 fully saturated rings. The summed E-state index contributed by atoms with van der Waals surface area (Å²) in [6.45, 7) is 4.06. The molecule has 0 aliphatic heterocycles. The van der Waals surface area contributed by atoms with E-state index in [0.29, 0.717) is 52.7 Å². The van der Waals surface area contributed by atoms with Gasteiger partial charge in [0.15, 0.2) is 10.8 Å². The van der Waals surface area contributed by atoms with Gasteiger partial charge in [-0.1, -0.05) is 41.9 Å². The summed E-state index contributed by atoms with van der Waals surface area (Å²) in [6.07, 6.45) is 1.73. The molecule has 2 aromatic heterocycles. The third-order valence-corrected chi connectivity index (χ3v) is 5.25. The van der Waals surface area contributed by atoms with E-state index in [4.69, 9.17) is 27.9 Å². The number of fused-ring (bicyclic) bond motifs is 1. The molecule has 0 aliphatic carbocycles. The van der Waals surface area contributed by atoms with E-state index in [9.17, 15) is 4.79 Å². The Balaban J connectivity index is 1.73. The SMILES string of the molecule is CCSc1nc(NCCOC)c2cnn(CCNC(=O)c3cc(Cl)cc(Cl)c3)c2n1. The van der Waals surface area contributed by atoms with E-state index in [1.165, 1.54) is 0 Å². The molecule has 160 valence electrons. The van der Waals surface area contributed by atoms with Gasteiger partial charge in [-0.05, 0) is 24.0 Å². The van der Waals surface area contributed by atoms with Gasteiger partial charge in [0.05, 0.1) is 24.7 Å². The average Bonchev–Trinajstić information content (AvgIpc) is 3.11. The number of benzene rings is 1. The number of hydrogen-bond acceptors (Lipinski definition) is 7. The van der Waals surface area contributed by atoms with E-state index in [0.717, 1.165) is 17.0 Å². The Morgan fingerprint density at radius 3 is 2.67 bits per heavy atom. The molecule has 3 aromatic rings. The first-order valence-corrected chi connectivity index (χ1v) is 11.1. The topological polar surface area (TPSA) is 94.0 Å². The van der Waals surface area contributed by atoms with E-state index in [-0.39, 0.29) is 5.91 Å². The molecule has 2 heterocycles. The third-order valence-electron chi connectivity index (χ3n) is 4.08. The number of carbonyl (C=O) groups is 1. The summed E-state index contributed by atoms with van der Waals surface area (Å²) < 4.78 is 6.85. The van der Waals surface area contributed by atoms with Crippen molar-refractivity contribution in [3.8, 4) is 0 Å². The lowest BCUT2D eigenvalue weighted by atomic mass is 10.2. The predicted molar refractivity (Wildman–Crippen MR) is 121 cm³/mol. The zero-order valence-corrected chi connectivity index (χ0v) is 18.9. The fourth-order valence-electron chi connectivity index (χ4n) is 2.76. The van der Waals surface area contributed by atoms with Crippen LogP contribution in [0, 0.1) is 0 Å². The molecule has 0 bridgehead atoms. The highest BCUT2D eigenvalue weighted by atomic mass is 35.5. The highest BCUT2D eigenvalue weighted by Gasteiger charge is 2.14.